The molecule has 0 radical (unpaired) electrons. The predicted octanol–water partition coefficient (Wildman–Crippen LogP) is 2.55. The van der Waals surface area contributed by atoms with E-state index in [-0.39, 0.29) is 29.3 Å². The highest BCUT2D eigenvalue weighted by Gasteiger charge is 2.27. The Bertz CT molecular complexity index is 936. The van der Waals surface area contributed by atoms with Crippen molar-refractivity contribution in [2.24, 2.45) is 0 Å². The van der Waals surface area contributed by atoms with E-state index < -0.39 is 0 Å². The first-order valence-corrected chi connectivity index (χ1v) is 10.4. The van der Waals surface area contributed by atoms with Crippen LogP contribution in [0, 0.1) is 0 Å². The molecule has 1 aromatic heterocycles. The van der Waals surface area contributed by atoms with Crippen LogP contribution in [0.4, 0.5) is 4.79 Å². The van der Waals surface area contributed by atoms with Gasteiger partial charge in [-0.3, -0.25) is 19.1 Å². The first kappa shape index (κ1) is 18.0. The Balaban J connectivity index is 1.66. The van der Waals surface area contributed by atoms with Gasteiger partial charge in [-0.15, -0.1) is 0 Å². The molecule has 8 heteroatoms. The number of aromatic nitrogens is 2. The Morgan fingerprint density at radius 1 is 1.19 bits per heavy atom. The van der Waals surface area contributed by atoms with Gasteiger partial charge in [0.2, 0.25) is 5.91 Å². The summed E-state index contributed by atoms with van der Waals surface area (Å²) in [4.78, 5) is 43.1. The van der Waals surface area contributed by atoms with Gasteiger partial charge in [0.25, 0.3) is 5.56 Å². The topological polar surface area (TPSA) is 84.3 Å². The van der Waals surface area contributed by atoms with Gasteiger partial charge in [0.1, 0.15) is 0 Å². The molecule has 2 aromatic rings. The summed E-state index contributed by atoms with van der Waals surface area (Å²) in [7, 11) is 0. The summed E-state index contributed by atoms with van der Waals surface area (Å²) in [5.41, 5.74) is 0.602. The van der Waals surface area contributed by atoms with Crippen molar-refractivity contribution in [2.75, 3.05) is 18.8 Å². The summed E-state index contributed by atoms with van der Waals surface area (Å²) < 4.78 is 1.78. The van der Waals surface area contributed by atoms with Crippen LogP contribution in [0.2, 0.25) is 0 Å². The fourth-order valence-electron chi connectivity index (χ4n) is 3.80. The van der Waals surface area contributed by atoms with Gasteiger partial charge in [0.15, 0.2) is 5.16 Å². The second kappa shape index (κ2) is 7.72. The van der Waals surface area contributed by atoms with Crippen molar-refractivity contribution in [2.45, 2.75) is 43.3 Å². The number of amides is 3. The minimum absolute atomic E-state index is 0.0404. The third-order valence-corrected chi connectivity index (χ3v) is 6.14. The van der Waals surface area contributed by atoms with E-state index in [2.05, 4.69) is 10.3 Å². The molecule has 1 saturated heterocycles. The van der Waals surface area contributed by atoms with E-state index in [1.54, 1.807) is 10.6 Å². The Labute approximate surface area is 161 Å². The molecule has 1 aliphatic heterocycles. The summed E-state index contributed by atoms with van der Waals surface area (Å²) >= 11 is 1.25. The first-order chi connectivity index (χ1) is 13.1. The molecule has 2 heterocycles. The average molecular weight is 386 g/mol. The van der Waals surface area contributed by atoms with E-state index in [0.29, 0.717) is 29.1 Å². The second-order valence-corrected chi connectivity index (χ2v) is 7.89. The van der Waals surface area contributed by atoms with Crippen LogP contribution in [0.5, 0.6) is 0 Å². The van der Waals surface area contributed by atoms with Crippen molar-refractivity contribution in [1.29, 1.82) is 0 Å². The van der Waals surface area contributed by atoms with E-state index in [1.807, 2.05) is 18.2 Å². The number of imide groups is 1. The highest BCUT2D eigenvalue weighted by Crippen LogP contribution is 2.31. The molecule has 4 rings (SSSR count). The largest absolute Gasteiger partial charge is 0.336 e. The molecule has 27 heavy (non-hydrogen) atoms. The molecule has 0 atom stereocenters. The molecular formula is C19H22N4O3S. The number of hydrogen-bond acceptors (Lipinski definition) is 5. The fourth-order valence-corrected chi connectivity index (χ4v) is 4.74. The van der Waals surface area contributed by atoms with Gasteiger partial charge in [-0.2, -0.15) is 0 Å². The number of thioether (sulfide) groups is 1. The lowest BCUT2D eigenvalue weighted by Crippen LogP contribution is -2.35. The molecular weight excluding hydrogens is 364 g/mol. The van der Waals surface area contributed by atoms with E-state index in [4.69, 9.17) is 0 Å². The van der Waals surface area contributed by atoms with Crippen LogP contribution in [0.3, 0.4) is 0 Å². The number of rotatable bonds is 4. The van der Waals surface area contributed by atoms with Crippen molar-refractivity contribution in [3.05, 3.63) is 34.6 Å². The fraction of sp³-hybridized carbons (Fsp3) is 0.474. The maximum absolute atomic E-state index is 13.2. The molecule has 2 fully saturated rings. The maximum atomic E-state index is 13.2. The zero-order valence-electron chi connectivity index (χ0n) is 15.0. The highest BCUT2D eigenvalue weighted by molar-refractivity contribution is 7.99. The molecule has 0 bridgehead atoms. The number of urea groups is 1. The molecule has 2 aliphatic rings. The van der Waals surface area contributed by atoms with E-state index in [1.165, 1.54) is 23.1 Å². The second-order valence-electron chi connectivity index (χ2n) is 6.94. The third-order valence-electron chi connectivity index (χ3n) is 5.20. The molecule has 7 nitrogen and oxygen atoms in total. The van der Waals surface area contributed by atoms with Gasteiger partial charge in [-0.25, -0.2) is 9.78 Å². The van der Waals surface area contributed by atoms with Gasteiger partial charge in [0.05, 0.1) is 16.7 Å². The number of fused-ring (bicyclic) bond motifs is 1. The zero-order chi connectivity index (χ0) is 18.8. The van der Waals surface area contributed by atoms with E-state index in [9.17, 15) is 14.4 Å². The summed E-state index contributed by atoms with van der Waals surface area (Å²) in [6.07, 6.45) is 5.30. The van der Waals surface area contributed by atoms with Crippen LogP contribution in [0.25, 0.3) is 10.9 Å². The monoisotopic (exact) mass is 386 g/mol. The number of carbonyl (C=O) groups is 2. The molecule has 1 saturated carbocycles. The quantitative estimate of drug-likeness (QED) is 0.645. The van der Waals surface area contributed by atoms with Crippen molar-refractivity contribution >= 4 is 34.6 Å². The Morgan fingerprint density at radius 2 is 1.96 bits per heavy atom. The van der Waals surface area contributed by atoms with Crippen LogP contribution in [0.1, 0.15) is 38.1 Å². The zero-order valence-corrected chi connectivity index (χ0v) is 15.8. The Kier molecular flexibility index (Phi) is 5.15. The molecule has 1 N–H and O–H groups in total. The summed E-state index contributed by atoms with van der Waals surface area (Å²) in [6, 6.07) is 7.10. The molecule has 142 valence electrons. The molecule has 3 amide bonds. The summed E-state index contributed by atoms with van der Waals surface area (Å²) in [5, 5.41) is 3.81. The summed E-state index contributed by atoms with van der Waals surface area (Å²) in [5.74, 6) is -0.169. The molecule has 1 aromatic carbocycles. The van der Waals surface area contributed by atoms with Crippen LogP contribution < -0.4 is 10.9 Å². The number of hydrogen-bond donors (Lipinski definition) is 1. The van der Waals surface area contributed by atoms with Crippen molar-refractivity contribution < 1.29 is 9.59 Å². The van der Waals surface area contributed by atoms with E-state index >= 15 is 0 Å². The SMILES string of the molecule is O=C(CSc1nc2ccccc2c(=O)n1C1CCCCC1)N1CCNC1=O. The highest BCUT2D eigenvalue weighted by atomic mass is 32.2. The van der Waals surface area contributed by atoms with Gasteiger partial charge in [0, 0.05) is 19.1 Å². The number of nitrogens with one attached hydrogen (secondary N) is 1. The van der Waals surface area contributed by atoms with Crippen LogP contribution in [-0.4, -0.2) is 45.2 Å². The third kappa shape index (κ3) is 3.58. The van der Waals surface area contributed by atoms with E-state index in [0.717, 1.165) is 25.7 Å². The van der Waals surface area contributed by atoms with Crippen molar-refractivity contribution in [1.82, 2.24) is 19.8 Å². The van der Waals surface area contributed by atoms with Crippen LogP contribution in [-0.2, 0) is 4.79 Å². The van der Waals surface area contributed by atoms with Gasteiger partial charge >= 0.3 is 6.03 Å². The van der Waals surface area contributed by atoms with Gasteiger partial charge in [-0.1, -0.05) is 43.2 Å². The van der Waals surface area contributed by atoms with Gasteiger partial charge < -0.3 is 5.32 Å². The number of para-hydroxylation sites is 1. The lowest BCUT2D eigenvalue weighted by atomic mass is 9.95. The van der Waals surface area contributed by atoms with Gasteiger partial charge in [-0.05, 0) is 25.0 Å². The van der Waals surface area contributed by atoms with Crippen LogP contribution in [0.15, 0.2) is 34.2 Å². The lowest BCUT2D eigenvalue weighted by molar-refractivity contribution is -0.124. The predicted molar refractivity (Wildman–Crippen MR) is 104 cm³/mol. The minimum atomic E-state index is -0.350. The Hall–Kier alpha value is -2.35. The van der Waals surface area contributed by atoms with Crippen molar-refractivity contribution in [3.8, 4) is 0 Å². The molecule has 0 spiro atoms. The van der Waals surface area contributed by atoms with Crippen LogP contribution >= 0.6 is 11.8 Å². The van der Waals surface area contributed by atoms with Crippen molar-refractivity contribution in [3.63, 3.8) is 0 Å². The number of carbonyl (C=O) groups excluding carboxylic acids is 2. The molecule has 1 aliphatic carbocycles. The minimum Gasteiger partial charge on any atom is -0.336 e. The summed E-state index contributed by atoms with van der Waals surface area (Å²) in [6.45, 7) is 0.870. The normalized spacial score (nSPS) is 18.1. The number of benzene rings is 1. The lowest BCUT2D eigenvalue weighted by Gasteiger charge is -2.26. The smallest absolute Gasteiger partial charge is 0.324 e. The maximum Gasteiger partial charge on any atom is 0.324 e. The molecule has 0 unspecified atom stereocenters. The first-order valence-electron chi connectivity index (χ1n) is 9.37. The average Bonchev–Trinajstić information content (AvgIpc) is 3.13. The Morgan fingerprint density at radius 3 is 2.70 bits per heavy atom. The standard InChI is InChI=1S/C19H22N4O3S/c24-16(22-11-10-20-18(22)26)12-27-19-21-15-9-5-4-8-14(15)17(25)23(19)13-6-2-1-3-7-13/h4-5,8-9,13H,1-3,6-7,10-12H2,(H,20,26). The number of nitrogens with zero attached hydrogens (tertiary/aromatic N) is 3.